The summed E-state index contributed by atoms with van der Waals surface area (Å²) in [5.74, 6) is -0.505. The van der Waals surface area contributed by atoms with Gasteiger partial charge in [0.05, 0.1) is 31.0 Å². The first kappa shape index (κ1) is 15.6. The zero-order valence-corrected chi connectivity index (χ0v) is 11.7. The number of ether oxygens (including phenoxy) is 2. The molecule has 1 heterocycles. The van der Waals surface area contributed by atoms with E-state index < -0.39 is 23.8 Å². The average Bonchev–Trinajstić information content (AvgIpc) is 2.45. The van der Waals surface area contributed by atoms with E-state index in [-0.39, 0.29) is 18.6 Å². The van der Waals surface area contributed by atoms with Crippen LogP contribution in [-0.4, -0.2) is 19.7 Å². The number of hydrogen-bond donors (Lipinski definition) is 0. The second-order valence-electron chi connectivity index (χ2n) is 4.84. The van der Waals surface area contributed by atoms with Crippen LogP contribution in [0.5, 0.6) is 0 Å². The van der Waals surface area contributed by atoms with E-state index >= 15 is 0 Å². The van der Waals surface area contributed by atoms with E-state index in [9.17, 15) is 18.0 Å². The van der Waals surface area contributed by atoms with Crippen LogP contribution in [0.15, 0.2) is 35.4 Å². The molecule has 0 bridgehead atoms. The number of hydrogen-bond acceptors (Lipinski definition) is 3. The molecule has 1 aromatic carbocycles. The highest BCUT2D eigenvalue weighted by Crippen LogP contribution is 2.39. The van der Waals surface area contributed by atoms with Crippen molar-refractivity contribution in [3.8, 4) is 0 Å². The lowest BCUT2D eigenvalue weighted by atomic mass is 9.93. The summed E-state index contributed by atoms with van der Waals surface area (Å²) in [5, 5.41) is 0. The summed E-state index contributed by atoms with van der Waals surface area (Å²) in [6.45, 7) is 1.66. The smallest absolute Gasteiger partial charge is 0.416 e. The molecule has 0 fully saturated rings. The molecule has 0 radical (unpaired) electrons. The average molecular weight is 300 g/mol. The standard InChI is InChI=1S/C15H15F3O3/c1-9-7-13(21-8-11(9)14(19)20-2)10-5-3-4-6-12(10)15(16,17)18/h3-6,13H,7-8H2,1-2H3. The zero-order chi connectivity index (χ0) is 15.6. The number of carbonyl (C=O) groups excluding carboxylic acids is 1. The van der Waals surface area contributed by atoms with Gasteiger partial charge in [0.25, 0.3) is 0 Å². The second kappa shape index (κ2) is 5.89. The van der Waals surface area contributed by atoms with Crippen LogP contribution < -0.4 is 0 Å². The molecule has 3 nitrogen and oxygen atoms in total. The van der Waals surface area contributed by atoms with E-state index in [1.807, 2.05) is 0 Å². The fourth-order valence-corrected chi connectivity index (χ4v) is 2.36. The predicted octanol–water partition coefficient (Wildman–Crippen LogP) is 3.66. The molecule has 1 aromatic rings. The van der Waals surface area contributed by atoms with Crippen LogP contribution in [-0.2, 0) is 20.4 Å². The van der Waals surface area contributed by atoms with Gasteiger partial charge in [-0.25, -0.2) is 4.79 Å². The van der Waals surface area contributed by atoms with E-state index in [0.717, 1.165) is 6.07 Å². The summed E-state index contributed by atoms with van der Waals surface area (Å²) >= 11 is 0. The maximum absolute atomic E-state index is 13.0. The molecule has 2 rings (SSSR count). The third-order valence-corrected chi connectivity index (χ3v) is 3.48. The van der Waals surface area contributed by atoms with Crippen molar-refractivity contribution in [3.05, 3.63) is 46.5 Å². The van der Waals surface area contributed by atoms with Crippen molar-refractivity contribution in [1.82, 2.24) is 0 Å². The molecule has 114 valence electrons. The Kier molecular flexibility index (Phi) is 4.37. The largest absolute Gasteiger partial charge is 0.466 e. The number of methoxy groups -OCH3 is 1. The van der Waals surface area contributed by atoms with E-state index in [1.165, 1.54) is 19.2 Å². The summed E-state index contributed by atoms with van der Waals surface area (Å²) in [5.41, 5.74) is 0.450. The van der Waals surface area contributed by atoms with Crippen molar-refractivity contribution in [2.75, 3.05) is 13.7 Å². The lowest BCUT2D eigenvalue weighted by molar-refractivity contribution is -0.141. The Morgan fingerprint density at radius 3 is 2.57 bits per heavy atom. The molecule has 1 aliphatic heterocycles. The molecule has 21 heavy (non-hydrogen) atoms. The first-order valence-electron chi connectivity index (χ1n) is 6.39. The Labute approximate surface area is 120 Å². The summed E-state index contributed by atoms with van der Waals surface area (Å²) in [7, 11) is 1.26. The van der Waals surface area contributed by atoms with E-state index in [2.05, 4.69) is 4.74 Å². The van der Waals surface area contributed by atoms with Crippen molar-refractivity contribution in [1.29, 1.82) is 0 Å². The number of halogens is 3. The molecule has 0 aliphatic carbocycles. The fraction of sp³-hybridized carbons (Fsp3) is 0.400. The van der Waals surface area contributed by atoms with Crippen molar-refractivity contribution in [3.63, 3.8) is 0 Å². The number of rotatable bonds is 2. The van der Waals surface area contributed by atoms with Crippen LogP contribution in [0.4, 0.5) is 13.2 Å². The Morgan fingerprint density at radius 2 is 2.00 bits per heavy atom. The molecule has 0 saturated carbocycles. The quantitative estimate of drug-likeness (QED) is 0.782. The molecule has 0 amide bonds. The summed E-state index contributed by atoms with van der Waals surface area (Å²) in [4.78, 5) is 11.5. The molecule has 6 heteroatoms. The number of esters is 1. The van der Waals surface area contributed by atoms with Gasteiger partial charge in [-0.1, -0.05) is 23.8 Å². The maximum Gasteiger partial charge on any atom is 0.416 e. The van der Waals surface area contributed by atoms with Crippen LogP contribution in [0.25, 0.3) is 0 Å². The maximum atomic E-state index is 13.0. The fourth-order valence-electron chi connectivity index (χ4n) is 2.36. The minimum absolute atomic E-state index is 0.0463. The van der Waals surface area contributed by atoms with Crippen LogP contribution in [0.1, 0.15) is 30.6 Å². The van der Waals surface area contributed by atoms with Crippen molar-refractivity contribution < 1.29 is 27.4 Å². The minimum atomic E-state index is -4.43. The Bertz CT molecular complexity index is 576. The van der Waals surface area contributed by atoms with Gasteiger partial charge >= 0.3 is 12.1 Å². The Balaban J connectivity index is 2.31. The Hall–Kier alpha value is -1.82. The Morgan fingerprint density at radius 1 is 1.33 bits per heavy atom. The monoisotopic (exact) mass is 300 g/mol. The molecule has 0 N–H and O–H groups in total. The van der Waals surface area contributed by atoms with Gasteiger partial charge in [0.1, 0.15) is 0 Å². The van der Waals surface area contributed by atoms with Gasteiger partial charge in [0, 0.05) is 0 Å². The highest BCUT2D eigenvalue weighted by molar-refractivity contribution is 5.89. The highest BCUT2D eigenvalue weighted by atomic mass is 19.4. The lowest BCUT2D eigenvalue weighted by Crippen LogP contribution is -2.22. The SMILES string of the molecule is COC(=O)C1=C(C)CC(c2ccccc2C(F)(F)F)OC1. The van der Waals surface area contributed by atoms with Gasteiger partial charge in [-0.05, 0) is 25.0 Å². The van der Waals surface area contributed by atoms with Crippen molar-refractivity contribution in [2.45, 2.75) is 25.6 Å². The van der Waals surface area contributed by atoms with Gasteiger partial charge in [0.2, 0.25) is 0 Å². The highest BCUT2D eigenvalue weighted by Gasteiger charge is 2.36. The zero-order valence-electron chi connectivity index (χ0n) is 11.7. The minimum Gasteiger partial charge on any atom is -0.466 e. The molecule has 1 atom stereocenters. The first-order chi connectivity index (χ1) is 9.84. The van der Waals surface area contributed by atoms with Gasteiger partial charge in [0.15, 0.2) is 0 Å². The topological polar surface area (TPSA) is 35.5 Å². The summed E-state index contributed by atoms with van der Waals surface area (Å²) in [6, 6.07) is 5.33. The molecule has 0 spiro atoms. The van der Waals surface area contributed by atoms with Gasteiger partial charge in [-0.15, -0.1) is 0 Å². The van der Waals surface area contributed by atoms with Crippen LogP contribution in [0, 0.1) is 0 Å². The number of alkyl halides is 3. The van der Waals surface area contributed by atoms with Gasteiger partial charge in [-0.2, -0.15) is 13.2 Å². The normalized spacial score (nSPS) is 19.6. The van der Waals surface area contributed by atoms with Gasteiger partial charge in [-0.3, -0.25) is 0 Å². The number of carbonyl (C=O) groups is 1. The molecule has 1 aliphatic rings. The van der Waals surface area contributed by atoms with E-state index in [4.69, 9.17) is 4.74 Å². The molecular weight excluding hydrogens is 285 g/mol. The molecule has 0 saturated heterocycles. The van der Waals surface area contributed by atoms with Crippen LogP contribution in [0.2, 0.25) is 0 Å². The third-order valence-electron chi connectivity index (χ3n) is 3.48. The lowest BCUT2D eigenvalue weighted by Gasteiger charge is -2.27. The first-order valence-corrected chi connectivity index (χ1v) is 6.39. The molecular formula is C15H15F3O3. The van der Waals surface area contributed by atoms with Crippen molar-refractivity contribution in [2.24, 2.45) is 0 Å². The second-order valence-corrected chi connectivity index (χ2v) is 4.84. The number of benzene rings is 1. The van der Waals surface area contributed by atoms with Crippen LogP contribution in [0.3, 0.4) is 0 Å². The van der Waals surface area contributed by atoms with Gasteiger partial charge < -0.3 is 9.47 Å². The predicted molar refractivity (Wildman–Crippen MR) is 69.5 cm³/mol. The molecule has 0 aromatic heterocycles. The summed E-state index contributed by atoms with van der Waals surface area (Å²) < 4.78 is 49.1. The van der Waals surface area contributed by atoms with E-state index in [0.29, 0.717) is 11.1 Å². The van der Waals surface area contributed by atoms with Crippen LogP contribution >= 0.6 is 0 Å². The summed E-state index contributed by atoms with van der Waals surface area (Å²) in [6.07, 6.45) is -4.91. The van der Waals surface area contributed by atoms with E-state index in [1.54, 1.807) is 13.0 Å². The van der Waals surface area contributed by atoms with Crippen molar-refractivity contribution >= 4 is 5.97 Å². The third kappa shape index (κ3) is 3.26. The molecule has 1 unspecified atom stereocenters.